The molecule has 3 nitrogen and oxygen atoms in total. The van der Waals surface area contributed by atoms with E-state index in [9.17, 15) is 0 Å². The minimum atomic E-state index is 0.301. The molecule has 3 heteroatoms. The van der Waals surface area contributed by atoms with E-state index in [0.717, 1.165) is 39.9 Å². The van der Waals surface area contributed by atoms with Crippen molar-refractivity contribution in [3.05, 3.63) is 126 Å². The molecule has 0 spiro atoms. The molecule has 3 aliphatic rings. The minimum absolute atomic E-state index is 0.301. The van der Waals surface area contributed by atoms with Crippen LogP contribution in [0.3, 0.4) is 0 Å². The molecule has 0 bridgehead atoms. The third-order valence-corrected chi connectivity index (χ3v) is 7.71. The Balaban J connectivity index is 1.31. The zero-order valence-corrected chi connectivity index (χ0v) is 20.1. The van der Waals surface area contributed by atoms with E-state index in [4.69, 9.17) is 4.42 Å². The van der Waals surface area contributed by atoms with Gasteiger partial charge in [-0.3, -0.25) is 9.98 Å². The Morgan fingerprint density at radius 1 is 0.730 bits per heavy atom. The van der Waals surface area contributed by atoms with E-state index < -0.39 is 0 Å². The lowest BCUT2D eigenvalue weighted by Gasteiger charge is -2.20. The van der Waals surface area contributed by atoms with E-state index >= 15 is 0 Å². The smallest absolute Gasteiger partial charge is 0.143 e. The highest BCUT2D eigenvalue weighted by molar-refractivity contribution is 6.20. The van der Waals surface area contributed by atoms with E-state index in [0.29, 0.717) is 5.92 Å². The standard InChI is InChI=1S/C34H22N2O/c1-2-5-27-26(4-1)28(22-10-14-24(15-11-22)31-17-19-36-31)20-29-33-25(6-3-7-32(33)37-34(27)29)21-8-12-23(13-9-21)30-16-18-35-30/h1-10,12-20,22H,11H2. The first kappa shape index (κ1) is 20.4. The molecule has 4 aromatic carbocycles. The van der Waals surface area contributed by atoms with Crippen molar-refractivity contribution in [1.82, 2.24) is 0 Å². The summed E-state index contributed by atoms with van der Waals surface area (Å²) in [7, 11) is 0. The molecule has 3 heterocycles. The summed E-state index contributed by atoms with van der Waals surface area (Å²) in [4.78, 5) is 8.70. The number of aliphatic imine (C=N–C) groups is 2. The molecule has 1 unspecified atom stereocenters. The van der Waals surface area contributed by atoms with Crippen molar-refractivity contribution < 1.29 is 4.42 Å². The average molecular weight is 475 g/mol. The second kappa shape index (κ2) is 7.87. The van der Waals surface area contributed by atoms with Crippen LogP contribution in [0.2, 0.25) is 0 Å². The molecule has 0 saturated heterocycles. The Kier molecular flexibility index (Phi) is 4.35. The van der Waals surface area contributed by atoms with E-state index in [-0.39, 0.29) is 0 Å². The van der Waals surface area contributed by atoms with E-state index in [1.54, 1.807) is 0 Å². The molecule has 1 aromatic heterocycles. The Hall–Kier alpha value is -4.76. The van der Waals surface area contributed by atoms with Gasteiger partial charge in [-0.1, -0.05) is 78.9 Å². The number of nitrogens with zero attached hydrogens (tertiary/aromatic N) is 2. The number of hydrogen-bond acceptors (Lipinski definition) is 3. The predicted octanol–water partition coefficient (Wildman–Crippen LogP) is 8.77. The number of rotatable bonds is 4. The van der Waals surface area contributed by atoms with Gasteiger partial charge in [0, 0.05) is 40.1 Å². The van der Waals surface area contributed by atoms with Gasteiger partial charge in [-0.25, -0.2) is 0 Å². The van der Waals surface area contributed by atoms with Crippen LogP contribution in [0.25, 0.3) is 49.5 Å². The van der Waals surface area contributed by atoms with Crippen molar-refractivity contribution in [2.75, 3.05) is 0 Å². The van der Waals surface area contributed by atoms with Crippen molar-refractivity contribution in [1.29, 1.82) is 0 Å². The second-order valence-corrected chi connectivity index (χ2v) is 9.77. The van der Waals surface area contributed by atoms with Gasteiger partial charge < -0.3 is 4.42 Å². The van der Waals surface area contributed by atoms with Crippen LogP contribution in [-0.2, 0) is 0 Å². The fraction of sp³-hybridized carbons (Fsp3) is 0.0588. The van der Waals surface area contributed by atoms with Crippen LogP contribution in [-0.4, -0.2) is 12.4 Å². The van der Waals surface area contributed by atoms with Gasteiger partial charge in [-0.05, 0) is 58.4 Å². The molecule has 0 amide bonds. The SMILES string of the molecule is C1=CC(c2cc3c(oc4cccc(-c5ccc(C6=CC=N6)cc5)c43)c3ccccc23)CC=C1C1=CC=N1. The maximum absolute atomic E-state index is 6.55. The zero-order valence-electron chi connectivity index (χ0n) is 20.1. The molecule has 0 N–H and O–H groups in total. The van der Waals surface area contributed by atoms with Crippen molar-refractivity contribution in [3.63, 3.8) is 0 Å². The maximum Gasteiger partial charge on any atom is 0.143 e. The lowest BCUT2D eigenvalue weighted by molar-refractivity contribution is 0.672. The van der Waals surface area contributed by atoms with Crippen molar-refractivity contribution >= 4 is 50.8 Å². The van der Waals surface area contributed by atoms with Gasteiger partial charge in [0.15, 0.2) is 0 Å². The highest BCUT2D eigenvalue weighted by Crippen LogP contribution is 2.43. The first-order valence-electron chi connectivity index (χ1n) is 12.7. The fourth-order valence-corrected chi connectivity index (χ4v) is 5.72. The van der Waals surface area contributed by atoms with Crippen molar-refractivity contribution in [2.24, 2.45) is 9.98 Å². The quantitative estimate of drug-likeness (QED) is 0.256. The molecule has 1 aliphatic carbocycles. The maximum atomic E-state index is 6.55. The lowest BCUT2D eigenvalue weighted by atomic mass is 9.85. The molecule has 0 radical (unpaired) electrons. The first-order valence-corrected chi connectivity index (χ1v) is 12.7. The summed E-state index contributed by atoms with van der Waals surface area (Å²) in [6.45, 7) is 0. The van der Waals surface area contributed by atoms with Crippen LogP contribution in [0, 0.1) is 0 Å². The third kappa shape index (κ3) is 3.14. The van der Waals surface area contributed by atoms with Gasteiger partial charge in [-0.15, -0.1) is 0 Å². The van der Waals surface area contributed by atoms with Crippen molar-refractivity contribution in [2.45, 2.75) is 12.3 Å². The first-order chi connectivity index (χ1) is 18.3. The highest BCUT2D eigenvalue weighted by Gasteiger charge is 2.21. The summed E-state index contributed by atoms with van der Waals surface area (Å²) >= 11 is 0. The molecule has 37 heavy (non-hydrogen) atoms. The predicted molar refractivity (Wildman–Crippen MR) is 154 cm³/mol. The van der Waals surface area contributed by atoms with Gasteiger partial charge in [0.25, 0.3) is 0 Å². The normalized spacial score (nSPS) is 18.1. The molecule has 0 fully saturated rings. The fourth-order valence-electron chi connectivity index (χ4n) is 5.72. The third-order valence-electron chi connectivity index (χ3n) is 7.71. The molecule has 8 rings (SSSR count). The Labute approximate surface area is 214 Å². The van der Waals surface area contributed by atoms with Crippen LogP contribution in [0.5, 0.6) is 0 Å². The molecule has 174 valence electrons. The van der Waals surface area contributed by atoms with Gasteiger partial charge in [0.2, 0.25) is 0 Å². The molecule has 2 aliphatic heterocycles. The van der Waals surface area contributed by atoms with Crippen molar-refractivity contribution in [3.8, 4) is 11.1 Å². The van der Waals surface area contributed by atoms with E-state index in [1.807, 2.05) is 18.5 Å². The monoisotopic (exact) mass is 474 g/mol. The Morgan fingerprint density at radius 2 is 1.49 bits per heavy atom. The summed E-state index contributed by atoms with van der Waals surface area (Å²) in [5.74, 6) is 0.301. The average Bonchev–Trinajstić information content (AvgIpc) is 3.26. The van der Waals surface area contributed by atoms with Gasteiger partial charge in [0.1, 0.15) is 11.2 Å². The molecule has 5 aromatic rings. The van der Waals surface area contributed by atoms with Gasteiger partial charge in [0.05, 0.1) is 11.4 Å². The molecular weight excluding hydrogens is 452 g/mol. The number of hydrogen-bond donors (Lipinski definition) is 0. The highest BCUT2D eigenvalue weighted by atomic mass is 16.3. The lowest BCUT2D eigenvalue weighted by Crippen LogP contribution is -2.02. The van der Waals surface area contributed by atoms with Crippen LogP contribution in [0.15, 0.2) is 129 Å². The summed E-state index contributed by atoms with van der Waals surface area (Å²) in [5, 5.41) is 4.76. The number of allylic oxidation sites excluding steroid dienone is 5. The van der Waals surface area contributed by atoms with Crippen LogP contribution < -0.4 is 0 Å². The topological polar surface area (TPSA) is 37.9 Å². The van der Waals surface area contributed by atoms with Crippen LogP contribution >= 0.6 is 0 Å². The molecule has 1 atom stereocenters. The van der Waals surface area contributed by atoms with E-state index in [1.165, 1.54) is 38.4 Å². The molecular formula is C34H22N2O. The Morgan fingerprint density at radius 3 is 2.19 bits per heavy atom. The number of benzene rings is 4. The van der Waals surface area contributed by atoms with Crippen LogP contribution in [0.4, 0.5) is 0 Å². The summed E-state index contributed by atoms with van der Waals surface area (Å²) in [6.07, 6.45) is 15.6. The Bertz CT molecular complexity index is 1940. The number of fused-ring (bicyclic) bond motifs is 5. The summed E-state index contributed by atoms with van der Waals surface area (Å²) in [5.41, 5.74) is 10.0. The summed E-state index contributed by atoms with van der Waals surface area (Å²) < 4.78 is 6.55. The van der Waals surface area contributed by atoms with Gasteiger partial charge >= 0.3 is 0 Å². The largest absolute Gasteiger partial charge is 0.455 e. The van der Waals surface area contributed by atoms with Crippen LogP contribution in [0.1, 0.15) is 23.5 Å². The second-order valence-electron chi connectivity index (χ2n) is 9.77. The summed E-state index contributed by atoms with van der Waals surface area (Å²) in [6, 6.07) is 26.0. The van der Waals surface area contributed by atoms with Gasteiger partial charge in [-0.2, -0.15) is 0 Å². The number of furan rings is 1. The zero-order chi connectivity index (χ0) is 24.3. The van der Waals surface area contributed by atoms with E-state index in [2.05, 4.69) is 107 Å². The minimum Gasteiger partial charge on any atom is -0.455 e. The molecule has 0 saturated carbocycles.